The Morgan fingerprint density at radius 1 is 1.06 bits per heavy atom. The molecule has 0 unspecified atom stereocenters. The second-order valence-electron chi connectivity index (χ2n) is 7.93. The number of hydrogen-bond donors (Lipinski definition) is 2. The molecule has 33 heavy (non-hydrogen) atoms. The zero-order valence-corrected chi connectivity index (χ0v) is 18.8. The standard InChI is InChI=1S/C24H23FN4O3S/c1-15-6-8-16(9-7-15)23(32)29(18-10-11-18)13-22(31)28-24-26-17(14-33-24)12-21(30)27-20-5-3-2-4-19(20)25/h2-9,14,18H,10-13H2,1H3,(H,27,30)(H,26,28,31). The minimum absolute atomic E-state index is 0.0547. The van der Waals surface area contributed by atoms with Gasteiger partial charge in [0.2, 0.25) is 11.8 Å². The number of carbonyl (C=O) groups is 3. The van der Waals surface area contributed by atoms with Gasteiger partial charge in [0.1, 0.15) is 12.4 Å². The van der Waals surface area contributed by atoms with E-state index in [9.17, 15) is 18.8 Å². The molecule has 1 fully saturated rings. The van der Waals surface area contributed by atoms with E-state index in [4.69, 9.17) is 0 Å². The Balaban J connectivity index is 1.33. The van der Waals surface area contributed by atoms with E-state index >= 15 is 0 Å². The van der Waals surface area contributed by atoms with Crippen LogP contribution < -0.4 is 10.6 Å². The molecule has 0 radical (unpaired) electrons. The maximum Gasteiger partial charge on any atom is 0.254 e. The highest BCUT2D eigenvalue weighted by Crippen LogP contribution is 2.28. The minimum Gasteiger partial charge on any atom is -0.326 e. The molecule has 0 atom stereocenters. The van der Waals surface area contributed by atoms with Gasteiger partial charge in [-0.3, -0.25) is 14.4 Å². The maximum atomic E-state index is 13.7. The normalized spacial score (nSPS) is 12.8. The van der Waals surface area contributed by atoms with Crippen LogP contribution in [0.15, 0.2) is 53.9 Å². The number of thiazole rings is 1. The van der Waals surface area contributed by atoms with Crippen molar-refractivity contribution >= 4 is 39.9 Å². The Labute approximate surface area is 194 Å². The first-order valence-electron chi connectivity index (χ1n) is 10.6. The second-order valence-corrected chi connectivity index (χ2v) is 8.79. The topological polar surface area (TPSA) is 91.4 Å². The van der Waals surface area contributed by atoms with Crippen LogP contribution in [0.1, 0.15) is 34.5 Å². The van der Waals surface area contributed by atoms with Crippen molar-refractivity contribution in [2.75, 3.05) is 17.2 Å². The van der Waals surface area contributed by atoms with Gasteiger partial charge in [-0.05, 0) is 44.0 Å². The van der Waals surface area contributed by atoms with Crippen molar-refractivity contribution in [1.29, 1.82) is 0 Å². The predicted octanol–water partition coefficient (Wildman–Crippen LogP) is 4.02. The first-order valence-corrected chi connectivity index (χ1v) is 11.4. The SMILES string of the molecule is Cc1ccc(C(=O)N(CC(=O)Nc2nc(CC(=O)Nc3ccccc3F)cs2)C2CC2)cc1. The molecule has 0 aliphatic heterocycles. The third-order valence-electron chi connectivity index (χ3n) is 5.15. The number of aromatic nitrogens is 1. The van der Waals surface area contributed by atoms with Gasteiger partial charge in [-0.15, -0.1) is 11.3 Å². The average Bonchev–Trinajstić information content (AvgIpc) is 3.54. The molecule has 170 valence electrons. The van der Waals surface area contributed by atoms with Gasteiger partial charge >= 0.3 is 0 Å². The van der Waals surface area contributed by atoms with E-state index in [1.54, 1.807) is 34.5 Å². The van der Waals surface area contributed by atoms with Crippen molar-refractivity contribution in [2.24, 2.45) is 0 Å². The number of anilines is 2. The second kappa shape index (κ2) is 9.91. The van der Waals surface area contributed by atoms with Gasteiger partial charge in [-0.1, -0.05) is 29.8 Å². The first-order chi connectivity index (χ1) is 15.9. The molecule has 1 aliphatic carbocycles. The lowest BCUT2D eigenvalue weighted by atomic mass is 10.1. The largest absolute Gasteiger partial charge is 0.326 e. The molecule has 0 bridgehead atoms. The van der Waals surface area contributed by atoms with E-state index in [-0.39, 0.29) is 36.5 Å². The number of hydrogen-bond acceptors (Lipinski definition) is 5. The van der Waals surface area contributed by atoms with Crippen LogP contribution in [-0.4, -0.2) is 40.2 Å². The zero-order chi connectivity index (χ0) is 23.4. The maximum absolute atomic E-state index is 13.7. The molecule has 0 spiro atoms. The smallest absolute Gasteiger partial charge is 0.254 e. The number of nitrogens with one attached hydrogen (secondary N) is 2. The number of amides is 3. The fraction of sp³-hybridized carbons (Fsp3) is 0.250. The molecule has 3 aromatic rings. The molecule has 1 heterocycles. The molecule has 2 N–H and O–H groups in total. The van der Waals surface area contributed by atoms with E-state index in [0.29, 0.717) is 16.4 Å². The number of halogens is 1. The van der Waals surface area contributed by atoms with Gasteiger partial charge in [0.15, 0.2) is 5.13 Å². The van der Waals surface area contributed by atoms with Gasteiger partial charge in [-0.25, -0.2) is 9.37 Å². The van der Waals surface area contributed by atoms with Crippen molar-refractivity contribution < 1.29 is 18.8 Å². The van der Waals surface area contributed by atoms with E-state index in [2.05, 4.69) is 15.6 Å². The van der Waals surface area contributed by atoms with Crippen molar-refractivity contribution in [2.45, 2.75) is 32.2 Å². The van der Waals surface area contributed by atoms with Crippen LogP contribution in [0, 0.1) is 12.7 Å². The molecule has 9 heteroatoms. The summed E-state index contributed by atoms with van der Waals surface area (Å²) in [6, 6.07) is 13.3. The number of para-hydroxylation sites is 1. The Morgan fingerprint density at radius 2 is 1.79 bits per heavy atom. The van der Waals surface area contributed by atoms with Crippen LogP contribution in [0.2, 0.25) is 0 Å². The van der Waals surface area contributed by atoms with Crippen LogP contribution in [-0.2, 0) is 16.0 Å². The Morgan fingerprint density at radius 3 is 2.48 bits per heavy atom. The van der Waals surface area contributed by atoms with Crippen LogP contribution in [0.25, 0.3) is 0 Å². The van der Waals surface area contributed by atoms with Crippen molar-refractivity contribution in [3.8, 4) is 0 Å². The third-order valence-corrected chi connectivity index (χ3v) is 5.96. The van der Waals surface area contributed by atoms with Gasteiger partial charge in [0.05, 0.1) is 17.8 Å². The van der Waals surface area contributed by atoms with Crippen LogP contribution in [0.4, 0.5) is 15.2 Å². The molecule has 7 nitrogen and oxygen atoms in total. The molecule has 1 saturated carbocycles. The fourth-order valence-electron chi connectivity index (χ4n) is 3.30. The van der Waals surface area contributed by atoms with E-state index in [1.165, 1.54) is 23.5 Å². The number of carbonyl (C=O) groups excluding carboxylic acids is 3. The summed E-state index contributed by atoms with van der Waals surface area (Å²) < 4.78 is 13.7. The van der Waals surface area contributed by atoms with Crippen molar-refractivity contribution in [1.82, 2.24) is 9.88 Å². The quantitative estimate of drug-likeness (QED) is 0.525. The summed E-state index contributed by atoms with van der Waals surface area (Å²) in [4.78, 5) is 43.5. The van der Waals surface area contributed by atoms with Gasteiger partial charge in [-0.2, -0.15) is 0 Å². The third kappa shape index (κ3) is 6.01. The summed E-state index contributed by atoms with van der Waals surface area (Å²) in [6.45, 7) is 1.88. The van der Waals surface area contributed by atoms with Gasteiger partial charge < -0.3 is 15.5 Å². The summed E-state index contributed by atoms with van der Waals surface area (Å²) in [7, 11) is 0. The van der Waals surface area contributed by atoms with Crippen LogP contribution in [0.3, 0.4) is 0 Å². The van der Waals surface area contributed by atoms with E-state index in [0.717, 1.165) is 18.4 Å². The number of aryl methyl sites for hydroxylation is 1. The van der Waals surface area contributed by atoms with E-state index in [1.807, 2.05) is 19.1 Å². The summed E-state index contributed by atoms with van der Waals surface area (Å²) >= 11 is 1.19. The number of rotatable bonds is 8. The highest BCUT2D eigenvalue weighted by molar-refractivity contribution is 7.13. The first kappa shape index (κ1) is 22.6. The summed E-state index contributed by atoms with van der Waals surface area (Å²) in [5.41, 5.74) is 2.17. The monoisotopic (exact) mass is 466 g/mol. The molecular weight excluding hydrogens is 443 g/mol. The Bertz CT molecular complexity index is 1170. The highest BCUT2D eigenvalue weighted by Gasteiger charge is 2.34. The molecule has 0 saturated heterocycles. The molecule has 4 rings (SSSR count). The summed E-state index contributed by atoms with van der Waals surface area (Å²) in [5, 5.41) is 7.21. The average molecular weight is 467 g/mol. The molecule has 1 aromatic heterocycles. The molecular formula is C24H23FN4O3S. The fourth-order valence-corrected chi connectivity index (χ4v) is 4.02. The molecule has 1 aliphatic rings. The molecule has 2 aromatic carbocycles. The lowest BCUT2D eigenvalue weighted by Crippen LogP contribution is -2.39. The molecule has 3 amide bonds. The minimum atomic E-state index is -0.516. The Kier molecular flexibility index (Phi) is 6.79. The van der Waals surface area contributed by atoms with Crippen LogP contribution >= 0.6 is 11.3 Å². The highest BCUT2D eigenvalue weighted by atomic mass is 32.1. The van der Waals surface area contributed by atoms with E-state index < -0.39 is 11.7 Å². The lowest BCUT2D eigenvalue weighted by Gasteiger charge is -2.21. The number of benzene rings is 2. The Hall–Kier alpha value is -3.59. The van der Waals surface area contributed by atoms with Crippen molar-refractivity contribution in [3.05, 3.63) is 76.5 Å². The summed E-state index contributed by atoms with van der Waals surface area (Å²) in [6.07, 6.45) is 1.70. The van der Waals surface area contributed by atoms with Crippen LogP contribution in [0.5, 0.6) is 0 Å². The van der Waals surface area contributed by atoms with Crippen molar-refractivity contribution in [3.63, 3.8) is 0 Å². The predicted molar refractivity (Wildman–Crippen MR) is 125 cm³/mol. The van der Waals surface area contributed by atoms with Gasteiger partial charge in [0.25, 0.3) is 5.91 Å². The van der Waals surface area contributed by atoms with Gasteiger partial charge in [0, 0.05) is 17.0 Å². The summed E-state index contributed by atoms with van der Waals surface area (Å²) in [5.74, 6) is -1.44. The lowest BCUT2D eigenvalue weighted by molar-refractivity contribution is -0.117. The zero-order valence-electron chi connectivity index (χ0n) is 18.0. The number of nitrogens with zero attached hydrogens (tertiary/aromatic N) is 2.